The van der Waals surface area contributed by atoms with E-state index < -0.39 is 17.4 Å². The Hall–Kier alpha value is -4.00. The number of aliphatic imine (C=N–C) groups is 1. The first-order chi connectivity index (χ1) is 21.5. The number of alkyl halides is 3. The predicted octanol–water partition coefficient (Wildman–Crippen LogP) is 4.96. The Morgan fingerprint density at radius 1 is 1.16 bits per heavy atom. The van der Waals surface area contributed by atoms with Crippen LogP contribution in [0.5, 0.6) is 0 Å². The van der Waals surface area contributed by atoms with Crippen LogP contribution in [0.4, 0.5) is 13.2 Å². The van der Waals surface area contributed by atoms with Gasteiger partial charge in [-0.2, -0.15) is 18.2 Å². The van der Waals surface area contributed by atoms with Crippen molar-refractivity contribution in [2.45, 2.75) is 76.2 Å². The summed E-state index contributed by atoms with van der Waals surface area (Å²) in [5.41, 5.74) is 19.5. The van der Waals surface area contributed by atoms with Crippen molar-refractivity contribution in [1.29, 1.82) is 0 Å². The molecular weight excluding hydrogens is 581 g/mol. The molecule has 4 aromatic rings. The van der Waals surface area contributed by atoms with Gasteiger partial charge in [0.25, 0.3) is 0 Å². The number of aryl methyl sites for hydroxylation is 1. The normalized spacial score (nSPS) is 18.4. The van der Waals surface area contributed by atoms with Crippen LogP contribution >= 0.6 is 0 Å². The maximum Gasteiger partial charge on any atom is 0.416 e. The van der Waals surface area contributed by atoms with Crippen molar-refractivity contribution in [3.05, 3.63) is 81.9 Å². The van der Waals surface area contributed by atoms with Gasteiger partial charge in [0.1, 0.15) is 11.5 Å². The quantitative estimate of drug-likeness (QED) is 0.118. The highest BCUT2D eigenvalue weighted by Gasteiger charge is 2.33. The van der Waals surface area contributed by atoms with Crippen molar-refractivity contribution in [3.8, 4) is 16.9 Å². The van der Waals surface area contributed by atoms with Crippen LogP contribution in [-0.4, -0.2) is 45.5 Å². The number of halogens is 3. The molecule has 3 atom stereocenters. The molecule has 8 N–H and O–H groups in total. The first-order valence-corrected chi connectivity index (χ1v) is 15.5. The lowest BCUT2D eigenvalue weighted by atomic mass is 9.92. The maximum absolute atomic E-state index is 13.7. The Morgan fingerprint density at radius 3 is 2.64 bits per heavy atom. The monoisotopic (exact) mass is 622 g/mol. The molecule has 1 aliphatic rings. The van der Waals surface area contributed by atoms with Crippen molar-refractivity contribution >= 4 is 16.9 Å². The number of hydrogen-bond donors (Lipinski definition) is 5. The number of rotatable bonds is 11. The number of nitrogens with one attached hydrogen (secondary N) is 2. The highest BCUT2D eigenvalue weighted by molar-refractivity contribution is 5.83. The molecule has 1 fully saturated rings. The van der Waals surface area contributed by atoms with E-state index in [-0.39, 0.29) is 30.6 Å². The van der Waals surface area contributed by atoms with Crippen molar-refractivity contribution < 1.29 is 13.2 Å². The van der Waals surface area contributed by atoms with Crippen molar-refractivity contribution in [1.82, 2.24) is 19.9 Å². The van der Waals surface area contributed by atoms with Gasteiger partial charge in [0.2, 0.25) is 0 Å². The molecule has 0 aliphatic carbocycles. The Bertz CT molecular complexity index is 1690. The van der Waals surface area contributed by atoms with Crippen molar-refractivity contribution in [2.75, 3.05) is 13.1 Å². The molecule has 1 aliphatic heterocycles. The van der Waals surface area contributed by atoms with Crippen LogP contribution in [-0.2, 0) is 12.6 Å². The van der Waals surface area contributed by atoms with Crippen molar-refractivity contribution in [2.24, 2.45) is 22.2 Å². The summed E-state index contributed by atoms with van der Waals surface area (Å²) in [5.74, 6) is 0.467. The summed E-state index contributed by atoms with van der Waals surface area (Å²) in [6, 6.07) is 14.2. The largest absolute Gasteiger partial charge is 0.416 e. The predicted molar refractivity (Wildman–Crippen MR) is 172 cm³/mol. The molecule has 0 unspecified atom stereocenters. The van der Waals surface area contributed by atoms with Gasteiger partial charge < -0.3 is 27.5 Å². The van der Waals surface area contributed by atoms with Gasteiger partial charge in [0, 0.05) is 41.9 Å². The van der Waals surface area contributed by atoms with Gasteiger partial charge in [0.15, 0.2) is 0 Å². The minimum Gasteiger partial charge on any atom is -0.386 e. The molecular formula is C33H41F3N8O. The lowest BCUT2D eigenvalue weighted by molar-refractivity contribution is -0.138. The van der Waals surface area contributed by atoms with Crippen LogP contribution in [0.1, 0.15) is 68.2 Å². The number of aromatic amines is 1. The Morgan fingerprint density at radius 2 is 1.93 bits per heavy atom. The highest BCUT2D eigenvalue weighted by Crippen LogP contribution is 2.35. The molecule has 9 nitrogen and oxygen atoms in total. The van der Waals surface area contributed by atoms with E-state index in [1.54, 1.807) is 18.3 Å². The summed E-state index contributed by atoms with van der Waals surface area (Å²) >= 11 is 0. The molecule has 3 heterocycles. The van der Waals surface area contributed by atoms with Gasteiger partial charge in [-0.3, -0.25) is 9.56 Å². The fourth-order valence-corrected chi connectivity index (χ4v) is 6.00. The van der Waals surface area contributed by atoms with Gasteiger partial charge in [-0.25, -0.2) is 4.79 Å². The summed E-state index contributed by atoms with van der Waals surface area (Å²) in [7, 11) is 0. The fraction of sp³-hybridized carbons (Fsp3) is 0.424. The number of amidine groups is 1. The summed E-state index contributed by atoms with van der Waals surface area (Å²) in [6.07, 6.45) is 2.77. The van der Waals surface area contributed by atoms with Gasteiger partial charge in [-0.15, -0.1) is 0 Å². The summed E-state index contributed by atoms with van der Waals surface area (Å²) < 4.78 is 42.6. The zero-order valence-corrected chi connectivity index (χ0v) is 25.4. The van der Waals surface area contributed by atoms with E-state index in [4.69, 9.17) is 17.2 Å². The molecule has 0 spiro atoms. The number of fused-ring (bicyclic) bond motifs is 1. The van der Waals surface area contributed by atoms with Gasteiger partial charge in [-0.05, 0) is 92.5 Å². The molecule has 2 aromatic heterocycles. The third-order valence-electron chi connectivity index (χ3n) is 8.39. The van der Waals surface area contributed by atoms with E-state index in [2.05, 4.69) is 20.3 Å². The van der Waals surface area contributed by atoms with E-state index in [1.807, 2.05) is 31.2 Å². The summed E-state index contributed by atoms with van der Waals surface area (Å²) in [4.78, 5) is 24.7. The van der Waals surface area contributed by atoms with Gasteiger partial charge in [-0.1, -0.05) is 24.6 Å². The second-order valence-corrected chi connectivity index (χ2v) is 11.9. The minimum absolute atomic E-state index is 0.0827. The third kappa shape index (κ3) is 7.99. The van der Waals surface area contributed by atoms with Gasteiger partial charge >= 0.3 is 11.9 Å². The SMILES string of the molecule is C[C@H](N)CCCc1cc(-c2cc3cn(-c4ccc([C@@H]5CCC[C@@H](CCN=C(N)CN)N5)cc4)c(=O)nc3[nH]2)ccc1C(F)(F)F. The minimum atomic E-state index is -4.45. The lowest BCUT2D eigenvalue weighted by Crippen LogP contribution is -2.37. The average Bonchev–Trinajstić information content (AvgIpc) is 3.43. The van der Waals surface area contributed by atoms with Crippen LogP contribution in [0.2, 0.25) is 0 Å². The summed E-state index contributed by atoms with van der Waals surface area (Å²) in [6.45, 7) is 2.74. The van der Waals surface area contributed by atoms with E-state index in [0.717, 1.165) is 37.3 Å². The molecule has 240 valence electrons. The smallest absolute Gasteiger partial charge is 0.386 e. The molecule has 12 heteroatoms. The van der Waals surface area contributed by atoms with E-state index in [9.17, 15) is 18.0 Å². The number of aromatic nitrogens is 3. The second kappa shape index (κ2) is 14.0. The Kier molecular flexibility index (Phi) is 10.1. The van der Waals surface area contributed by atoms with Gasteiger partial charge in [0.05, 0.1) is 17.8 Å². The molecule has 0 radical (unpaired) electrons. The first-order valence-electron chi connectivity index (χ1n) is 15.5. The zero-order chi connectivity index (χ0) is 32.1. The Labute approximate surface area is 260 Å². The molecule has 5 rings (SSSR count). The zero-order valence-electron chi connectivity index (χ0n) is 25.4. The molecule has 0 saturated carbocycles. The first kappa shape index (κ1) is 32.4. The Balaban J connectivity index is 1.34. The number of H-pyrrole nitrogens is 1. The summed E-state index contributed by atoms with van der Waals surface area (Å²) in [5, 5.41) is 4.38. The van der Waals surface area contributed by atoms with Crippen LogP contribution < -0.4 is 28.2 Å². The van der Waals surface area contributed by atoms with Crippen molar-refractivity contribution in [3.63, 3.8) is 0 Å². The average molecular weight is 623 g/mol. The van der Waals surface area contributed by atoms with E-state index >= 15 is 0 Å². The number of nitrogens with two attached hydrogens (primary N) is 3. The van der Waals surface area contributed by atoms with Crippen LogP contribution in [0.3, 0.4) is 0 Å². The highest BCUT2D eigenvalue weighted by atomic mass is 19.4. The second-order valence-electron chi connectivity index (χ2n) is 11.9. The van der Waals surface area contributed by atoms with Crippen LogP contribution in [0, 0.1) is 0 Å². The fourth-order valence-electron chi connectivity index (χ4n) is 6.00. The number of nitrogens with zero attached hydrogens (tertiary/aromatic N) is 3. The third-order valence-corrected chi connectivity index (χ3v) is 8.39. The maximum atomic E-state index is 13.7. The molecule has 1 saturated heterocycles. The molecule has 45 heavy (non-hydrogen) atoms. The number of hydrogen-bond acceptors (Lipinski definition) is 6. The van der Waals surface area contributed by atoms with Crippen LogP contribution in [0.25, 0.3) is 28.0 Å². The van der Waals surface area contributed by atoms with Crippen LogP contribution in [0.15, 0.2) is 64.5 Å². The molecule has 0 bridgehead atoms. The lowest BCUT2D eigenvalue weighted by Gasteiger charge is -2.31. The molecule has 2 aromatic carbocycles. The van der Waals surface area contributed by atoms with E-state index in [0.29, 0.717) is 59.2 Å². The standard InChI is InChI=1S/C33H41F3N8O/c1-20(38)4-2-5-22-16-23(10-13-27(22)33(34,35)36)29-17-24-19-44(32(45)43-31(24)42-29)26-11-8-21(9-12-26)28-7-3-6-25(41-28)14-15-40-30(39)18-37/h8-13,16-17,19-20,25,28,41H,2-7,14-15,18,37-38H2,1H3,(H2,39,40)(H,42,43,45)/t20-,25-,28-/m0/s1. The number of piperidine rings is 1. The molecule has 0 amide bonds. The van der Waals surface area contributed by atoms with E-state index in [1.165, 1.54) is 10.6 Å². The number of benzene rings is 2. The topological polar surface area (TPSA) is 153 Å².